The predicted molar refractivity (Wildman–Crippen MR) is 32.6 cm³/mol. The first-order chi connectivity index (χ1) is 4.24. The van der Waals surface area contributed by atoms with E-state index in [1.165, 1.54) is 10.7 Å². The van der Waals surface area contributed by atoms with Crippen molar-refractivity contribution in [3.05, 3.63) is 17.7 Å². The van der Waals surface area contributed by atoms with Crippen molar-refractivity contribution in [1.29, 1.82) is 0 Å². The Morgan fingerprint density at radius 1 is 1.78 bits per heavy atom. The third-order valence-electron chi connectivity index (χ3n) is 1.15. The molecule has 0 saturated carbocycles. The van der Waals surface area contributed by atoms with E-state index in [0.717, 1.165) is 5.69 Å². The molecular formula is C6H9FN2. The number of nitrogens with zero attached hydrogens (tertiary/aromatic N) is 2. The first-order valence-electron chi connectivity index (χ1n) is 2.94. The smallest absolute Gasteiger partial charge is 0.211 e. The minimum Gasteiger partial charge on any atom is -0.240 e. The van der Waals surface area contributed by atoms with Gasteiger partial charge < -0.3 is 0 Å². The van der Waals surface area contributed by atoms with Crippen LogP contribution < -0.4 is 0 Å². The maximum atomic E-state index is 12.5. The summed E-state index contributed by atoms with van der Waals surface area (Å²) in [5.74, 6) is -0.255. The Kier molecular flexibility index (Phi) is 1.51. The van der Waals surface area contributed by atoms with Crippen molar-refractivity contribution in [3.8, 4) is 0 Å². The fraction of sp³-hybridized carbons (Fsp3) is 0.500. The zero-order valence-electron chi connectivity index (χ0n) is 5.56. The second kappa shape index (κ2) is 2.17. The molecule has 0 saturated heterocycles. The number of hydrogen-bond acceptors (Lipinski definition) is 1. The minimum absolute atomic E-state index is 0.255. The third-order valence-corrected chi connectivity index (χ3v) is 1.15. The van der Waals surface area contributed by atoms with Crippen LogP contribution in [0.3, 0.4) is 0 Å². The van der Waals surface area contributed by atoms with E-state index in [1.54, 1.807) is 6.92 Å². The number of rotatable bonds is 1. The van der Waals surface area contributed by atoms with Gasteiger partial charge in [-0.3, -0.25) is 0 Å². The van der Waals surface area contributed by atoms with E-state index in [2.05, 4.69) is 5.10 Å². The fourth-order valence-corrected chi connectivity index (χ4v) is 0.736. The number of aromatic nitrogens is 2. The van der Waals surface area contributed by atoms with Gasteiger partial charge in [0.1, 0.15) is 0 Å². The van der Waals surface area contributed by atoms with Crippen molar-refractivity contribution in [2.24, 2.45) is 0 Å². The highest BCUT2D eigenvalue weighted by Crippen LogP contribution is 1.99. The van der Waals surface area contributed by atoms with Crippen LogP contribution in [-0.2, 0) is 6.54 Å². The molecular weight excluding hydrogens is 119 g/mol. The number of hydrogen-bond donors (Lipinski definition) is 0. The average molecular weight is 128 g/mol. The van der Waals surface area contributed by atoms with E-state index < -0.39 is 0 Å². The molecule has 0 aliphatic carbocycles. The van der Waals surface area contributed by atoms with Crippen LogP contribution in [0.4, 0.5) is 4.39 Å². The van der Waals surface area contributed by atoms with Crippen LogP contribution >= 0.6 is 0 Å². The van der Waals surface area contributed by atoms with Crippen LogP contribution in [0, 0.1) is 12.9 Å². The molecule has 0 radical (unpaired) electrons. The lowest BCUT2D eigenvalue weighted by Gasteiger charge is -1.91. The monoisotopic (exact) mass is 128 g/mol. The summed E-state index contributed by atoms with van der Waals surface area (Å²) in [6, 6.07) is 1.42. The molecule has 0 aromatic carbocycles. The van der Waals surface area contributed by atoms with E-state index in [1.807, 2.05) is 6.92 Å². The summed E-state index contributed by atoms with van der Waals surface area (Å²) in [4.78, 5) is 0. The van der Waals surface area contributed by atoms with Gasteiger partial charge in [0.15, 0.2) is 0 Å². The molecule has 0 aliphatic rings. The van der Waals surface area contributed by atoms with Crippen LogP contribution in [0.15, 0.2) is 6.07 Å². The molecule has 3 heteroatoms. The Balaban J connectivity index is 3.01. The molecule has 1 heterocycles. The molecule has 50 valence electrons. The zero-order chi connectivity index (χ0) is 6.85. The standard InChI is InChI=1S/C6H9FN2/c1-3-9-6(7)4-5(2)8-9/h4H,3H2,1-2H3. The first kappa shape index (κ1) is 6.26. The van der Waals surface area contributed by atoms with E-state index in [4.69, 9.17) is 0 Å². The van der Waals surface area contributed by atoms with E-state index in [9.17, 15) is 4.39 Å². The summed E-state index contributed by atoms with van der Waals surface area (Å²) in [6.07, 6.45) is 0. The maximum absolute atomic E-state index is 12.5. The van der Waals surface area contributed by atoms with Crippen LogP contribution in [-0.4, -0.2) is 9.78 Å². The maximum Gasteiger partial charge on any atom is 0.211 e. The summed E-state index contributed by atoms with van der Waals surface area (Å²) >= 11 is 0. The van der Waals surface area contributed by atoms with Gasteiger partial charge in [0.05, 0.1) is 5.69 Å². The van der Waals surface area contributed by atoms with Gasteiger partial charge >= 0.3 is 0 Å². The second-order valence-corrected chi connectivity index (χ2v) is 1.92. The summed E-state index contributed by atoms with van der Waals surface area (Å²) < 4.78 is 13.8. The van der Waals surface area contributed by atoms with Crippen molar-refractivity contribution in [2.75, 3.05) is 0 Å². The normalized spacial score (nSPS) is 10.1. The van der Waals surface area contributed by atoms with Gasteiger partial charge in [-0.05, 0) is 13.8 Å². The number of halogens is 1. The molecule has 2 nitrogen and oxygen atoms in total. The van der Waals surface area contributed by atoms with Gasteiger partial charge in [-0.1, -0.05) is 0 Å². The Morgan fingerprint density at radius 3 is 2.67 bits per heavy atom. The molecule has 0 fully saturated rings. The molecule has 0 N–H and O–H groups in total. The lowest BCUT2D eigenvalue weighted by atomic mass is 10.5. The average Bonchev–Trinajstić information content (AvgIpc) is 2.10. The van der Waals surface area contributed by atoms with Crippen molar-refractivity contribution < 1.29 is 4.39 Å². The van der Waals surface area contributed by atoms with Gasteiger partial charge in [-0.2, -0.15) is 9.49 Å². The van der Waals surface area contributed by atoms with Gasteiger partial charge in [-0.25, -0.2) is 4.68 Å². The Hall–Kier alpha value is -0.860. The second-order valence-electron chi connectivity index (χ2n) is 1.92. The fourth-order valence-electron chi connectivity index (χ4n) is 0.736. The van der Waals surface area contributed by atoms with Crippen LogP contribution in [0.1, 0.15) is 12.6 Å². The van der Waals surface area contributed by atoms with E-state index in [-0.39, 0.29) is 5.95 Å². The predicted octanol–water partition coefficient (Wildman–Crippen LogP) is 1.35. The van der Waals surface area contributed by atoms with Gasteiger partial charge in [0.2, 0.25) is 5.95 Å². The largest absolute Gasteiger partial charge is 0.240 e. The molecule has 9 heavy (non-hydrogen) atoms. The van der Waals surface area contributed by atoms with Crippen LogP contribution in [0.5, 0.6) is 0 Å². The van der Waals surface area contributed by atoms with Crippen molar-refractivity contribution in [3.63, 3.8) is 0 Å². The number of aryl methyl sites for hydroxylation is 2. The van der Waals surface area contributed by atoms with Crippen molar-refractivity contribution in [1.82, 2.24) is 9.78 Å². The van der Waals surface area contributed by atoms with E-state index >= 15 is 0 Å². The molecule has 0 bridgehead atoms. The van der Waals surface area contributed by atoms with Crippen LogP contribution in [0.2, 0.25) is 0 Å². The summed E-state index contributed by atoms with van der Waals surface area (Å²) in [6.45, 7) is 4.23. The SMILES string of the molecule is CCn1nc(C)cc1F. The molecule has 1 rings (SSSR count). The third kappa shape index (κ3) is 1.09. The molecule has 0 aliphatic heterocycles. The Labute approximate surface area is 53.3 Å². The summed E-state index contributed by atoms with van der Waals surface area (Å²) in [5.41, 5.74) is 0.731. The highest BCUT2D eigenvalue weighted by atomic mass is 19.1. The highest BCUT2D eigenvalue weighted by molar-refractivity contribution is 4.97. The highest BCUT2D eigenvalue weighted by Gasteiger charge is 1.99. The summed E-state index contributed by atoms with van der Waals surface area (Å²) in [7, 11) is 0. The van der Waals surface area contributed by atoms with Crippen molar-refractivity contribution in [2.45, 2.75) is 20.4 Å². The van der Waals surface area contributed by atoms with Crippen molar-refractivity contribution >= 4 is 0 Å². The Bertz CT molecular complexity index is 205. The van der Waals surface area contributed by atoms with Crippen LogP contribution in [0.25, 0.3) is 0 Å². The first-order valence-corrected chi connectivity index (χ1v) is 2.94. The lowest BCUT2D eigenvalue weighted by Crippen LogP contribution is -1.98. The summed E-state index contributed by atoms with van der Waals surface area (Å²) in [5, 5.41) is 3.87. The van der Waals surface area contributed by atoms with Gasteiger partial charge in [0, 0.05) is 12.6 Å². The Morgan fingerprint density at radius 2 is 2.44 bits per heavy atom. The molecule has 0 unspecified atom stereocenters. The molecule has 0 amide bonds. The quantitative estimate of drug-likeness (QED) is 0.558. The molecule has 0 spiro atoms. The molecule has 1 aromatic rings. The van der Waals surface area contributed by atoms with E-state index in [0.29, 0.717) is 6.54 Å². The molecule has 1 aromatic heterocycles. The minimum atomic E-state index is -0.255. The van der Waals surface area contributed by atoms with Gasteiger partial charge in [0.25, 0.3) is 0 Å². The topological polar surface area (TPSA) is 17.8 Å². The van der Waals surface area contributed by atoms with Gasteiger partial charge in [-0.15, -0.1) is 0 Å². The zero-order valence-corrected chi connectivity index (χ0v) is 5.56. The lowest BCUT2D eigenvalue weighted by molar-refractivity contribution is 0.470. The molecule has 0 atom stereocenters.